The summed E-state index contributed by atoms with van der Waals surface area (Å²) in [6, 6.07) is 9.53. The summed E-state index contributed by atoms with van der Waals surface area (Å²) in [5.74, 6) is 0.676. The number of nitrogens with two attached hydrogens (primary N) is 1. The van der Waals surface area contributed by atoms with E-state index < -0.39 is 0 Å². The summed E-state index contributed by atoms with van der Waals surface area (Å²) in [5.41, 5.74) is 7.18. The average Bonchev–Trinajstić information content (AvgIpc) is 2.88. The predicted octanol–water partition coefficient (Wildman–Crippen LogP) is 1.54. The van der Waals surface area contributed by atoms with Crippen LogP contribution in [-0.2, 0) is 0 Å². The van der Waals surface area contributed by atoms with Crippen molar-refractivity contribution in [3.8, 4) is 0 Å². The van der Waals surface area contributed by atoms with Crippen LogP contribution < -0.4 is 5.73 Å². The Kier molecular flexibility index (Phi) is 2.38. The molecule has 2 heterocycles. The average molecular weight is 245 g/mol. The highest BCUT2D eigenvalue weighted by molar-refractivity contribution is 7.16. The molecule has 2 N–H and O–H groups in total. The minimum atomic E-state index is -0.298. The molecular formula is C11H11N5S. The van der Waals surface area contributed by atoms with E-state index in [-0.39, 0.29) is 6.04 Å². The van der Waals surface area contributed by atoms with Gasteiger partial charge in [-0.1, -0.05) is 41.7 Å². The molecule has 17 heavy (non-hydrogen) atoms. The van der Waals surface area contributed by atoms with E-state index >= 15 is 0 Å². The van der Waals surface area contributed by atoms with Crippen LogP contribution in [-0.4, -0.2) is 19.8 Å². The van der Waals surface area contributed by atoms with Gasteiger partial charge in [0.15, 0.2) is 5.82 Å². The summed E-state index contributed by atoms with van der Waals surface area (Å²) in [6.07, 6.45) is 0. The first-order valence-electron chi connectivity index (χ1n) is 5.25. The van der Waals surface area contributed by atoms with Gasteiger partial charge in [0.1, 0.15) is 5.01 Å². The summed E-state index contributed by atoms with van der Waals surface area (Å²) in [7, 11) is 0. The van der Waals surface area contributed by atoms with Gasteiger partial charge in [-0.15, -0.1) is 10.2 Å². The Morgan fingerprint density at radius 1 is 1.24 bits per heavy atom. The number of aromatic nitrogens is 4. The van der Waals surface area contributed by atoms with E-state index in [0.29, 0.717) is 5.82 Å². The second-order valence-electron chi connectivity index (χ2n) is 3.76. The van der Waals surface area contributed by atoms with Crippen LogP contribution in [0.15, 0.2) is 30.3 Å². The molecule has 3 aromatic rings. The van der Waals surface area contributed by atoms with Crippen molar-refractivity contribution >= 4 is 16.3 Å². The zero-order valence-electron chi connectivity index (χ0n) is 9.24. The Hall–Kier alpha value is -1.79. The molecule has 2 aromatic heterocycles. The van der Waals surface area contributed by atoms with Crippen LogP contribution in [0, 0.1) is 6.92 Å². The third-order valence-corrected chi connectivity index (χ3v) is 3.37. The summed E-state index contributed by atoms with van der Waals surface area (Å²) < 4.78 is 1.72. The van der Waals surface area contributed by atoms with Crippen LogP contribution >= 0.6 is 11.3 Å². The van der Waals surface area contributed by atoms with Gasteiger partial charge in [-0.25, -0.2) is 0 Å². The first kappa shape index (κ1) is 10.4. The Morgan fingerprint density at radius 3 is 2.76 bits per heavy atom. The van der Waals surface area contributed by atoms with Crippen LogP contribution in [0.25, 0.3) is 4.96 Å². The maximum atomic E-state index is 6.18. The first-order valence-corrected chi connectivity index (χ1v) is 6.06. The highest BCUT2D eigenvalue weighted by atomic mass is 32.1. The summed E-state index contributed by atoms with van der Waals surface area (Å²) in [6.45, 7) is 1.94. The van der Waals surface area contributed by atoms with E-state index in [2.05, 4.69) is 15.3 Å². The Balaban J connectivity index is 2.09. The molecule has 1 atom stereocenters. The lowest BCUT2D eigenvalue weighted by Crippen LogP contribution is -2.15. The van der Waals surface area contributed by atoms with Gasteiger partial charge in [0.05, 0.1) is 6.04 Å². The fourth-order valence-corrected chi connectivity index (χ4v) is 2.42. The molecule has 3 rings (SSSR count). The van der Waals surface area contributed by atoms with Gasteiger partial charge in [0.25, 0.3) is 0 Å². The van der Waals surface area contributed by atoms with Crippen molar-refractivity contribution in [3.63, 3.8) is 0 Å². The van der Waals surface area contributed by atoms with E-state index in [1.807, 2.05) is 37.3 Å². The maximum absolute atomic E-state index is 6.18. The molecule has 0 bridgehead atoms. The molecule has 0 saturated heterocycles. The topological polar surface area (TPSA) is 69.1 Å². The number of fused-ring (bicyclic) bond motifs is 1. The molecule has 1 unspecified atom stereocenters. The van der Waals surface area contributed by atoms with Crippen LogP contribution in [0.4, 0.5) is 0 Å². The Labute approximate surface area is 102 Å². The predicted molar refractivity (Wildman–Crippen MR) is 65.9 cm³/mol. The molecule has 0 saturated carbocycles. The van der Waals surface area contributed by atoms with Crippen LogP contribution in [0.3, 0.4) is 0 Å². The van der Waals surface area contributed by atoms with Gasteiger partial charge in [0, 0.05) is 0 Å². The highest BCUT2D eigenvalue weighted by Gasteiger charge is 2.17. The Bertz CT molecular complexity index is 642. The van der Waals surface area contributed by atoms with E-state index in [9.17, 15) is 0 Å². The summed E-state index contributed by atoms with van der Waals surface area (Å²) in [4.78, 5) is 0.781. The molecule has 86 valence electrons. The van der Waals surface area contributed by atoms with Crippen molar-refractivity contribution in [3.05, 3.63) is 46.7 Å². The van der Waals surface area contributed by atoms with Crippen molar-refractivity contribution in [2.24, 2.45) is 5.73 Å². The molecule has 5 nitrogen and oxygen atoms in total. The van der Waals surface area contributed by atoms with E-state index in [1.54, 1.807) is 4.52 Å². The highest BCUT2D eigenvalue weighted by Crippen LogP contribution is 2.20. The fourth-order valence-electron chi connectivity index (χ4n) is 1.73. The maximum Gasteiger partial charge on any atom is 0.234 e. The molecule has 0 fully saturated rings. The minimum Gasteiger partial charge on any atom is -0.318 e. The van der Waals surface area contributed by atoms with Gasteiger partial charge in [-0.2, -0.15) is 9.61 Å². The van der Waals surface area contributed by atoms with E-state index in [1.165, 1.54) is 11.3 Å². The lowest BCUT2D eigenvalue weighted by atomic mass is 10.1. The number of aryl methyl sites for hydroxylation is 1. The van der Waals surface area contributed by atoms with Gasteiger partial charge >= 0.3 is 0 Å². The van der Waals surface area contributed by atoms with E-state index in [0.717, 1.165) is 15.5 Å². The molecule has 0 spiro atoms. The molecule has 1 aromatic carbocycles. The fraction of sp³-hybridized carbons (Fsp3) is 0.182. The van der Waals surface area contributed by atoms with Crippen molar-refractivity contribution in [2.45, 2.75) is 13.0 Å². The zero-order valence-corrected chi connectivity index (χ0v) is 10.1. The molecule has 0 radical (unpaired) electrons. The van der Waals surface area contributed by atoms with Crippen molar-refractivity contribution < 1.29 is 0 Å². The lowest BCUT2D eigenvalue weighted by molar-refractivity contribution is 0.728. The standard InChI is InChI=1S/C11H11N5S/c1-7-15-16-10(13-14-11(16)17-7)9(12)8-5-3-2-4-6-8/h2-6,9H,12H2,1H3. The van der Waals surface area contributed by atoms with Gasteiger partial charge in [0.2, 0.25) is 4.96 Å². The third-order valence-electron chi connectivity index (χ3n) is 2.55. The summed E-state index contributed by atoms with van der Waals surface area (Å²) in [5, 5.41) is 13.5. The normalized spacial score (nSPS) is 13.1. The quantitative estimate of drug-likeness (QED) is 0.743. The zero-order chi connectivity index (χ0) is 11.8. The largest absolute Gasteiger partial charge is 0.318 e. The van der Waals surface area contributed by atoms with Crippen LogP contribution in [0.2, 0.25) is 0 Å². The van der Waals surface area contributed by atoms with Gasteiger partial charge in [-0.3, -0.25) is 0 Å². The van der Waals surface area contributed by atoms with Gasteiger partial charge in [-0.05, 0) is 12.5 Å². The second kappa shape index (κ2) is 3.90. The monoisotopic (exact) mass is 245 g/mol. The SMILES string of the molecule is Cc1nn2c(C(N)c3ccccc3)nnc2s1. The summed E-state index contributed by atoms with van der Waals surface area (Å²) >= 11 is 1.51. The molecule has 6 heteroatoms. The first-order chi connectivity index (χ1) is 8.25. The lowest BCUT2D eigenvalue weighted by Gasteiger charge is -2.08. The number of hydrogen-bond acceptors (Lipinski definition) is 5. The number of nitrogens with zero attached hydrogens (tertiary/aromatic N) is 4. The number of rotatable bonds is 2. The van der Waals surface area contributed by atoms with Crippen molar-refractivity contribution in [1.82, 2.24) is 19.8 Å². The smallest absolute Gasteiger partial charge is 0.234 e. The molecular weight excluding hydrogens is 234 g/mol. The second-order valence-corrected chi connectivity index (χ2v) is 4.92. The van der Waals surface area contributed by atoms with Crippen LogP contribution in [0.1, 0.15) is 22.4 Å². The minimum absolute atomic E-state index is 0.298. The van der Waals surface area contributed by atoms with Crippen LogP contribution in [0.5, 0.6) is 0 Å². The molecule has 0 aliphatic heterocycles. The van der Waals surface area contributed by atoms with Crippen molar-refractivity contribution in [1.29, 1.82) is 0 Å². The van der Waals surface area contributed by atoms with Gasteiger partial charge < -0.3 is 5.73 Å². The molecule has 0 aliphatic rings. The Morgan fingerprint density at radius 2 is 2.00 bits per heavy atom. The number of hydrogen-bond donors (Lipinski definition) is 1. The molecule has 0 amide bonds. The third kappa shape index (κ3) is 1.71. The van der Waals surface area contributed by atoms with E-state index in [4.69, 9.17) is 5.73 Å². The molecule has 0 aliphatic carbocycles. The number of benzene rings is 1. The van der Waals surface area contributed by atoms with Crippen molar-refractivity contribution in [2.75, 3.05) is 0 Å².